The molecule has 0 fully saturated rings. The van der Waals surface area contributed by atoms with Gasteiger partial charge in [-0.05, 0) is 11.4 Å². The number of primary sulfonamides is 2. The molecule has 0 aromatic carbocycles. The zero-order chi connectivity index (χ0) is 16.0. The first-order valence-corrected chi connectivity index (χ1v) is 9.93. The van der Waals surface area contributed by atoms with Gasteiger partial charge < -0.3 is 5.73 Å². The van der Waals surface area contributed by atoms with Crippen molar-refractivity contribution in [3.63, 3.8) is 0 Å². The average Bonchev–Trinajstić information content (AvgIpc) is 2.91. The number of hydrogen-bond donors (Lipinski definition) is 3. The summed E-state index contributed by atoms with van der Waals surface area (Å²) in [6.07, 6.45) is 0. The Morgan fingerprint density at radius 2 is 1.62 bits per heavy atom. The van der Waals surface area contributed by atoms with Gasteiger partial charge in [-0.1, -0.05) is 0 Å². The highest BCUT2D eigenvalue weighted by atomic mass is 32.2. The Hall–Kier alpha value is -1.31. The zero-order valence-corrected chi connectivity index (χ0v) is 13.4. The normalized spacial score (nSPS) is 12.5. The molecule has 0 aliphatic heterocycles. The quantitative estimate of drug-likeness (QED) is 0.640. The van der Waals surface area contributed by atoms with Crippen molar-refractivity contribution < 1.29 is 21.6 Å². The number of anilines is 1. The Labute approximate surface area is 128 Å². The first kappa shape index (κ1) is 16.1. The summed E-state index contributed by atoms with van der Waals surface area (Å²) in [7, 11) is -8.32. The van der Waals surface area contributed by atoms with E-state index in [2.05, 4.69) is 0 Å². The maximum Gasteiger partial charge on any atom is 0.241 e. The van der Waals surface area contributed by atoms with Crippen LogP contribution >= 0.6 is 22.7 Å². The van der Waals surface area contributed by atoms with Gasteiger partial charge in [-0.3, -0.25) is 4.79 Å². The first-order chi connectivity index (χ1) is 9.53. The van der Waals surface area contributed by atoms with E-state index in [1.165, 1.54) is 16.8 Å². The van der Waals surface area contributed by atoms with Crippen LogP contribution in [0.3, 0.4) is 0 Å². The van der Waals surface area contributed by atoms with E-state index in [9.17, 15) is 21.6 Å². The molecular weight excluding hydrogens is 358 g/mol. The van der Waals surface area contributed by atoms with Crippen LogP contribution in [0.4, 0.5) is 5.69 Å². The van der Waals surface area contributed by atoms with Gasteiger partial charge in [0.05, 0.1) is 15.4 Å². The van der Waals surface area contributed by atoms with Gasteiger partial charge in [0.2, 0.25) is 25.8 Å². The van der Waals surface area contributed by atoms with E-state index < -0.39 is 30.7 Å². The predicted octanol–water partition coefficient (Wildman–Crippen LogP) is -0.0824. The smallest absolute Gasteiger partial charge is 0.241 e. The summed E-state index contributed by atoms with van der Waals surface area (Å²) in [6, 6.07) is 1.17. The van der Waals surface area contributed by atoms with Crippen LogP contribution in [0.2, 0.25) is 0 Å². The number of rotatable bonds is 4. The molecule has 21 heavy (non-hydrogen) atoms. The Morgan fingerprint density at radius 3 is 2.14 bits per heavy atom. The van der Waals surface area contributed by atoms with Crippen molar-refractivity contribution in [1.82, 2.24) is 0 Å². The third-order valence-corrected chi connectivity index (χ3v) is 6.54. The number of thiophene rings is 2. The maximum absolute atomic E-state index is 12.4. The van der Waals surface area contributed by atoms with E-state index in [0.717, 1.165) is 22.7 Å². The second kappa shape index (κ2) is 5.15. The molecule has 6 N–H and O–H groups in total. The van der Waals surface area contributed by atoms with E-state index in [-0.39, 0.29) is 20.3 Å². The molecular formula is C9H9N3O5S4. The Balaban J connectivity index is 2.66. The van der Waals surface area contributed by atoms with Gasteiger partial charge in [-0.2, -0.15) is 0 Å². The molecule has 2 heterocycles. The summed E-state index contributed by atoms with van der Waals surface area (Å²) in [6.45, 7) is 0. The van der Waals surface area contributed by atoms with Crippen LogP contribution < -0.4 is 16.0 Å². The topological polar surface area (TPSA) is 163 Å². The number of carbonyl (C=O) groups is 1. The second-order valence-electron chi connectivity index (χ2n) is 3.88. The van der Waals surface area contributed by atoms with E-state index in [0.29, 0.717) is 0 Å². The van der Waals surface area contributed by atoms with Gasteiger partial charge in [0.15, 0.2) is 0 Å². The fourth-order valence-corrected chi connectivity index (χ4v) is 5.69. The summed E-state index contributed by atoms with van der Waals surface area (Å²) in [5.74, 6) is -0.806. The lowest BCUT2D eigenvalue weighted by molar-refractivity contribution is 0.104. The minimum atomic E-state index is -4.22. The van der Waals surface area contributed by atoms with Crippen molar-refractivity contribution in [1.29, 1.82) is 0 Å². The Morgan fingerprint density at radius 1 is 1.00 bits per heavy atom. The molecule has 0 spiro atoms. The van der Waals surface area contributed by atoms with Crippen LogP contribution in [-0.2, 0) is 20.0 Å². The van der Waals surface area contributed by atoms with Gasteiger partial charge in [-0.15, -0.1) is 22.7 Å². The molecule has 0 radical (unpaired) electrons. The SMILES string of the molecule is Nc1csc(C(=O)c2sccc2S(N)(=O)=O)c1S(N)(=O)=O. The molecule has 12 heteroatoms. The largest absolute Gasteiger partial charge is 0.397 e. The van der Waals surface area contributed by atoms with Crippen molar-refractivity contribution in [2.45, 2.75) is 9.79 Å². The second-order valence-corrected chi connectivity index (χ2v) is 8.71. The van der Waals surface area contributed by atoms with E-state index in [1.807, 2.05) is 0 Å². The molecule has 0 atom stereocenters. The van der Waals surface area contributed by atoms with E-state index in [1.54, 1.807) is 0 Å². The lowest BCUT2D eigenvalue weighted by Gasteiger charge is -2.03. The highest BCUT2D eigenvalue weighted by Crippen LogP contribution is 2.33. The van der Waals surface area contributed by atoms with Crippen molar-refractivity contribution in [3.05, 3.63) is 26.6 Å². The number of ketones is 1. The predicted molar refractivity (Wildman–Crippen MR) is 79.2 cm³/mol. The molecule has 2 rings (SSSR count). The highest BCUT2D eigenvalue weighted by molar-refractivity contribution is 7.89. The van der Waals surface area contributed by atoms with Crippen LogP contribution in [-0.4, -0.2) is 22.6 Å². The minimum Gasteiger partial charge on any atom is -0.397 e. The van der Waals surface area contributed by atoms with Crippen molar-refractivity contribution >= 4 is 54.2 Å². The van der Waals surface area contributed by atoms with Gasteiger partial charge in [0.1, 0.15) is 9.79 Å². The number of hydrogen-bond acceptors (Lipinski definition) is 8. The summed E-state index contributed by atoms with van der Waals surface area (Å²) < 4.78 is 45.8. The molecule has 2 aromatic rings. The van der Waals surface area contributed by atoms with Crippen LogP contribution in [0.1, 0.15) is 14.5 Å². The molecule has 0 aliphatic carbocycles. The highest BCUT2D eigenvalue weighted by Gasteiger charge is 2.29. The lowest BCUT2D eigenvalue weighted by Crippen LogP contribution is -2.18. The third kappa shape index (κ3) is 3.00. The maximum atomic E-state index is 12.4. The van der Waals surface area contributed by atoms with Crippen molar-refractivity contribution in [2.75, 3.05) is 5.73 Å². The summed E-state index contributed by atoms with van der Waals surface area (Å²) >= 11 is 1.60. The molecule has 8 nitrogen and oxygen atoms in total. The fraction of sp³-hybridized carbons (Fsp3) is 0. The van der Waals surface area contributed by atoms with Crippen LogP contribution in [0.25, 0.3) is 0 Å². The van der Waals surface area contributed by atoms with Gasteiger partial charge >= 0.3 is 0 Å². The molecule has 0 amide bonds. The third-order valence-electron chi connectivity index (χ3n) is 2.40. The number of carbonyl (C=O) groups excluding carboxylic acids is 1. The van der Waals surface area contributed by atoms with Gasteiger partial charge in [0.25, 0.3) is 0 Å². The molecule has 0 saturated heterocycles. The van der Waals surface area contributed by atoms with Crippen LogP contribution in [0.5, 0.6) is 0 Å². The molecule has 0 unspecified atom stereocenters. The monoisotopic (exact) mass is 367 g/mol. The van der Waals surface area contributed by atoms with E-state index in [4.69, 9.17) is 16.0 Å². The standard InChI is InChI=1S/C9H9N3O5S4/c10-4-3-19-8(9(4)21(12,16)17)6(13)7-5(1-2-18-7)20(11,14)15/h1-3H,10H2,(H2,11,14,15)(H2,12,16,17). The average molecular weight is 367 g/mol. The zero-order valence-electron chi connectivity index (χ0n) is 10.1. The summed E-state index contributed by atoms with van der Waals surface area (Å²) in [5.41, 5.74) is 5.33. The number of sulfonamides is 2. The number of nitrogen functional groups attached to an aromatic ring is 1. The molecule has 0 aliphatic rings. The van der Waals surface area contributed by atoms with Gasteiger partial charge in [-0.25, -0.2) is 27.1 Å². The van der Waals surface area contributed by atoms with Crippen molar-refractivity contribution in [2.24, 2.45) is 10.3 Å². The van der Waals surface area contributed by atoms with Crippen molar-refractivity contribution in [3.8, 4) is 0 Å². The van der Waals surface area contributed by atoms with Crippen LogP contribution in [0.15, 0.2) is 26.6 Å². The molecule has 2 aromatic heterocycles. The van der Waals surface area contributed by atoms with Crippen LogP contribution in [0, 0.1) is 0 Å². The van der Waals surface area contributed by atoms with E-state index >= 15 is 0 Å². The lowest BCUT2D eigenvalue weighted by atomic mass is 10.2. The Bertz CT molecular complexity index is 922. The minimum absolute atomic E-state index is 0.167. The molecule has 0 bridgehead atoms. The molecule has 0 saturated carbocycles. The molecule has 114 valence electrons. The first-order valence-electron chi connectivity index (χ1n) is 5.08. The fourth-order valence-electron chi connectivity index (χ4n) is 1.60. The van der Waals surface area contributed by atoms with Gasteiger partial charge in [0, 0.05) is 5.38 Å². The Kier molecular flexibility index (Phi) is 3.94. The summed E-state index contributed by atoms with van der Waals surface area (Å²) in [5, 5.41) is 12.6. The summed E-state index contributed by atoms with van der Waals surface area (Å²) in [4.78, 5) is 11.1. The number of nitrogens with two attached hydrogens (primary N) is 3.